The van der Waals surface area contributed by atoms with Gasteiger partial charge in [-0.25, -0.2) is 4.98 Å². The van der Waals surface area contributed by atoms with Gasteiger partial charge >= 0.3 is 0 Å². The molecule has 1 aromatic heterocycles. The minimum atomic E-state index is -0.166. The minimum Gasteiger partial charge on any atom is -0.344 e. The van der Waals surface area contributed by atoms with Crippen LogP contribution in [0.5, 0.6) is 0 Å². The molecule has 1 aliphatic heterocycles. The van der Waals surface area contributed by atoms with Gasteiger partial charge in [-0.1, -0.05) is 12.8 Å². The van der Waals surface area contributed by atoms with E-state index in [2.05, 4.69) is 15.6 Å². The maximum Gasteiger partial charge on any atom is 0.226 e. The van der Waals surface area contributed by atoms with Crippen LogP contribution in [0, 0.1) is 5.92 Å². The third kappa shape index (κ3) is 1.98. The molecular weight excluding hydrogens is 234 g/mol. The Morgan fingerprint density at radius 2 is 2.24 bits per heavy atom. The van der Waals surface area contributed by atoms with E-state index in [9.17, 15) is 4.79 Å². The molecule has 0 bridgehead atoms. The molecule has 17 heavy (non-hydrogen) atoms. The lowest BCUT2D eigenvalue weighted by Gasteiger charge is -2.33. The highest BCUT2D eigenvalue weighted by Gasteiger charge is 2.41. The first-order chi connectivity index (χ1) is 8.30. The van der Waals surface area contributed by atoms with Gasteiger partial charge in [-0.15, -0.1) is 11.3 Å². The standard InChI is InChI=1S/C12H17N3OS/c16-10(9-7-13-8-9)15-12(3-1-2-4-12)11-14-5-6-17-11/h5-6,9,13H,1-4,7-8H2,(H,15,16). The second kappa shape index (κ2) is 4.38. The number of nitrogens with one attached hydrogen (secondary N) is 2. The number of hydrogen-bond donors (Lipinski definition) is 2. The highest BCUT2D eigenvalue weighted by molar-refractivity contribution is 7.09. The Morgan fingerprint density at radius 3 is 2.76 bits per heavy atom. The van der Waals surface area contributed by atoms with E-state index in [1.54, 1.807) is 11.3 Å². The van der Waals surface area contributed by atoms with Crippen LogP contribution in [-0.2, 0) is 10.3 Å². The predicted molar refractivity (Wildman–Crippen MR) is 66.8 cm³/mol. The van der Waals surface area contributed by atoms with E-state index in [0.29, 0.717) is 0 Å². The van der Waals surface area contributed by atoms with Crippen molar-refractivity contribution >= 4 is 17.2 Å². The average Bonchev–Trinajstić information content (AvgIpc) is 2.82. The summed E-state index contributed by atoms with van der Waals surface area (Å²) in [5.41, 5.74) is -0.166. The van der Waals surface area contributed by atoms with Crippen molar-refractivity contribution < 1.29 is 4.79 Å². The van der Waals surface area contributed by atoms with E-state index in [1.165, 1.54) is 12.8 Å². The topological polar surface area (TPSA) is 54.0 Å². The maximum absolute atomic E-state index is 12.1. The molecule has 3 rings (SSSR count). The summed E-state index contributed by atoms with van der Waals surface area (Å²) < 4.78 is 0. The molecule has 0 spiro atoms. The third-order valence-corrected chi connectivity index (χ3v) is 4.79. The van der Waals surface area contributed by atoms with Gasteiger partial charge in [0.25, 0.3) is 0 Å². The Labute approximate surface area is 105 Å². The van der Waals surface area contributed by atoms with Crippen molar-refractivity contribution in [3.05, 3.63) is 16.6 Å². The van der Waals surface area contributed by atoms with Gasteiger partial charge in [0.2, 0.25) is 5.91 Å². The number of carbonyl (C=O) groups excluding carboxylic acids is 1. The first-order valence-corrected chi connectivity index (χ1v) is 7.11. The molecule has 1 saturated carbocycles. The van der Waals surface area contributed by atoms with Gasteiger partial charge in [0, 0.05) is 24.7 Å². The Balaban J connectivity index is 1.78. The van der Waals surface area contributed by atoms with Crippen molar-refractivity contribution in [3.8, 4) is 0 Å². The fraction of sp³-hybridized carbons (Fsp3) is 0.667. The normalized spacial score (nSPS) is 23.3. The summed E-state index contributed by atoms with van der Waals surface area (Å²) in [6, 6.07) is 0. The Bertz CT molecular complexity index is 394. The van der Waals surface area contributed by atoms with Gasteiger partial charge in [-0.2, -0.15) is 0 Å². The zero-order valence-corrected chi connectivity index (χ0v) is 10.6. The number of aromatic nitrogens is 1. The number of amides is 1. The van der Waals surface area contributed by atoms with Gasteiger partial charge in [-0.05, 0) is 12.8 Å². The van der Waals surface area contributed by atoms with Gasteiger partial charge in [0.15, 0.2) is 0 Å². The van der Waals surface area contributed by atoms with E-state index >= 15 is 0 Å². The van der Waals surface area contributed by atoms with E-state index in [4.69, 9.17) is 0 Å². The molecule has 92 valence electrons. The molecule has 0 aromatic carbocycles. The molecule has 1 saturated heterocycles. The van der Waals surface area contributed by atoms with Crippen molar-refractivity contribution in [1.82, 2.24) is 15.6 Å². The van der Waals surface area contributed by atoms with E-state index in [0.717, 1.165) is 30.9 Å². The lowest BCUT2D eigenvalue weighted by atomic mass is 9.95. The molecule has 1 amide bonds. The summed E-state index contributed by atoms with van der Waals surface area (Å²) in [6.07, 6.45) is 6.27. The average molecular weight is 251 g/mol. The fourth-order valence-corrected chi connectivity index (χ4v) is 3.50. The van der Waals surface area contributed by atoms with Crippen LogP contribution in [0.15, 0.2) is 11.6 Å². The number of nitrogens with zero attached hydrogens (tertiary/aromatic N) is 1. The quantitative estimate of drug-likeness (QED) is 0.850. The Morgan fingerprint density at radius 1 is 1.47 bits per heavy atom. The summed E-state index contributed by atoms with van der Waals surface area (Å²) in [5.74, 6) is 0.355. The van der Waals surface area contributed by atoms with Crippen LogP contribution < -0.4 is 10.6 Å². The first-order valence-electron chi connectivity index (χ1n) is 6.23. The first kappa shape index (κ1) is 11.2. The minimum absolute atomic E-state index is 0.160. The van der Waals surface area contributed by atoms with Crippen LogP contribution in [0.1, 0.15) is 30.7 Å². The molecule has 0 radical (unpaired) electrons. The smallest absolute Gasteiger partial charge is 0.226 e. The number of carbonyl (C=O) groups is 1. The van der Waals surface area contributed by atoms with Gasteiger partial charge in [0.05, 0.1) is 11.5 Å². The van der Waals surface area contributed by atoms with Crippen LogP contribution in [0.2, 0.25) is 0 Å². The van der Waals surface area contributed by atoms with Crippen molar-refractivity contribution in [3.63, 3.8) is 0 Å². The van der Waals surface area contributed by atoms with Gasteiger partial charge in [0.1, 0.15) is 5.01 Å². The molecule has 1 aliphatic carbocycles. The lowest BCUT2D eigenvalue weighted by molar-refractivity contribution is -0.128. The summed E-state index contributed by atoms with van der Waals surface area (Å²) in [5, 5.41) is 9.48. The zero-order chi connectivity index (χ0) is 11.7. The monoisotopic (exact) mass is 251 g/mol. The van der Waals surface area contributed by atoms with E-state index < -0.39 is 0 Å². The summed E-state index contributed by atoms with van der Waals surface area (Å²) in [6.45, 7) is 1.64. The van der Waals surface area contributed by atoms with Gasteiger partial charge in [-0.3, -0.25) is 4.79 Å². The van der Waals surface area contributed by atoms with Crippen LogP contribution in [0.4, 0.5) is 0 Å². The molecule has 2 fully saturated rings. The van der Waals surface area contributed by atoms with Crippen LogP contribution in [0.25, 0.3) is 0 Å². The molecule has 4 nitrogen and oxygen atoms in total. The summed E-state index contributed by atoms with van der Waals surface area (Å²) >= 11 is 1.66. The van der Waals surface area contributed by atoms with Gasteiger partial charge < -0.3 is 10.6 Å². The molecular formula is C12H17N3OS. The molecule has 2 aliphatic rings. The number of rotatable bonds is 3. The molecule has 0 atom stereocenters. The zero-order valence-electron chi connectivity index (χ0n) is 9.74. The second-order valence-corrected chi connectivity index (χ2v) is 5.87. The highest BCUT2D eigenvalue weighted by atomic mass is 32.1. The lowest BCUT2D eigenvalue weighted by Crippen LogP contribution is -2.55. The third-order valence-electron chi connectivity index (χ3n) is 3.81. The van der Waals surface area contributed by atoms with Crippen LogP contribution in [0.3, 0.4) is 0 Å². The van der Waals surface area contributed by atoms with Crippen molar-refractivity contribution in [1.29, 1.82) is 0 Å². The molecule has 0 unspecified atom stereocenters. The molecule has 1 aromatic rings. The van der Waals surface area contributed by atoms with Crippen LogP contribution >= 0.6 is 11.3 Å². The Hall–Kier alpha value is -0.940. The Kier molecular flexibility index (Phi) is 2.88. The second-order valence-electron chi connectivity index (χ2n) is 4.97. The van der Waals surface area contributed by atoms with E-state index in [1.807, 2.05) is 11.6 Å². The number of thiazole rings is 1. The van der Waals surface area contributed by atoms with Crippen molar-refractivity contribution in [2.75, 3.05) is 13.1 Å². The fourth-order valence-electron chi connectivity index (χ4n) is 2.64. The number of hydrogen-bond acceptors (Lipinski definition) is 4. The predicted octanol–water partition coefficient (Wildman–Crippen LogP) is 1.25. The summed E-state index contributed by atoms with van der Waals surface area (Å²) in [4.78, 5) is 16.5. The SMILES string of the molecule is O=C(NC1(c2nccs2)CCCC1)C1CNC1. The highest BCUT2D eigenvalue weighted by Crippen LogP contribution is 2.39. The molecule has 2 heterocycles. The molecule has 5 heteroatoms. The molecule has 2 N–H and O–H groups in total. The summed E-state index contributed by atoms with van der Waals surface area (Å²) in [7, 11) is 0. The van der Waals surface area contributed by atoms with Crippen molar-refractivity contribution in [2.24, 2.45) is 5.92 Å². The largest absolute Gasteiger partial charge is 0.344 e. The van der Waals surface area contributed by atoms with Crippen molar-refractivity contribution in [2.45, 2.75) is 31.2 Å². The van der Waals surface area contributed by atoms with E-state index in [-0.39, 0.29) is 17.4 Å². The maximum atomic E-state index is 12.1. The van der Waals surface area contributed by atoms with Crippen LogP contribution in [-0.4, -0.2) is 24.0 Å².